The minimum atomic E-state index is 0.590. The Morgan fingerprint density at radius 3 is 2.84 bits per heavy atom. The molecule has 0 aliphatic heterocycles. The molecule has 3 heteroatoms. The maximum Gasteiger partial charge on any atom is 0.119 e. The summed E-state index contributed by atoms with van der Waals surface area (Å²) in [5.41, 5.74) is 1.30. The molecule has 0 radical (unpaired) electrons. The molecule has 0 spiro atoms. The highest BCUT2D eigenvalue weighted by Crippen LogP contribution is 2.14. The Bertz CT molecular complexity index is 354. The number of benzene rings is 1. The van der Waals surface area contributed by atoms with Crippen molar-refractivity contribution in [2.24, 2.45) is 0 Å². The van der Waals surface area contributed by atoms with E-state index < -0.39 is 0 Å². The molecule has 1 unspecified atom stereocenters. The van der Waals surface area contributed by atoms with Crippen LogP contribution >= 0.6 is 0 Å². The molecule has 0 saturated heterocycles. The van der Waals surface area contributed by atoms with E-state index >= 15 is 0 Å². The number of methoxy groups -OCH3 is 1. The third-order valence-corrected chi connectivity index (χ3v) is 3.27. The number of nitrogens with one attached hydrogen (secondary N) is 1. The maximum atomic E-state index is 5.25. The Kier molecular flexibility index (Phi) is 7.53. The summed E-state index contributed by atoms with van der Waals surface area (Å²) < 4.78 is 5.25. The maximum absolute atomic E-state index is 5.25. The normalized spacial score (nSPS) is 12.7. The third kappa shape index (κ3) is 6.60. The zero-order chi connectivity index (χ0) is 14.1. The van der Waals surface area contributed by atoms with Gasteiger partial charge in [0, 0.05) is 12.6 Å². The summed E-state index contributed by atoms with van der Waals surface area (Å²) in [5.74, 6) is 0.934. The fraction of sp³-hybridized carbons (Fsp3) is 0.625. The molecule has 0 aliphatic carbocycles. The first-order chi connectivity index (χ1) is 9.15. The minimum absolute atomic E-state index is 0.590. The first-order valence-electron chi connectivity index (χ1n) is 7.20. The summed E-state index contributed by atoms with van der Waals surface area (Å²) in [6.07, 6.45) is 2.38. The second kappa shape index (κ2) is 8.94. The summed E-state index contributed by atoms with van der Waals surface area (Å²) in [6.45, 7) is 7.65. The number of rotatable bonds is 9. The van der Waals surface area contributed by atoms with E-state index in [9.17, 15) is 0 Å². The number of hydrogen-bond acceptors (Lipinski definition) is 3. The van der Waals surface area contributed by atoms with Crippen LogP contribution in [-0.2, 0) is 6.54 Å². The first kappa shape index (κ1) is 16.0. The fourth-order valence-corrected chi connectivity index (χ4v) is 2.07. The number of ether oxygens (including phenoxy) is 1. The molecule has 0 amide bonds. The second-order valence-corrected chi connectivity index (χ2v) is 5.23. The predicted molar refractivity (Wildman–Crippen MR) is 81.7 cm³/mol. The molecule has 1 rings (SSSR count). The van der Waals surface area contributed by atoms with Gasteiger partial charge < -0.3 is 15.0 Å². The Hall–Kier alpha value is -1.06. The van der Waals surface area contributed by atoms with Gasteiger partial charge in [-0.25, -0.2) is 0 Å². The van der Waals surface area contributed by atoms with E-state index in [1.165, 1.54) is 18.4 Å². The lowest BCUT2D eigenvalue weighted by atomic mass is 10.2. The van der Waals surface area contributed by atoms with Gasteiger partial charge in [-0.3, -0.25) is 0 Å². The molecule has 0 saturated carbocycles. The van der Waals surface area contributed by atoms with Gasteiger partial charge >= 0.3 is 0 Å². The topological polar surface area (TPSA) is 24.5 Å². The smallest absolute Gasteiger partial charge is 0.119 e. The van der Waals surface area contributed by atoms with Crippen LogP contribution in [0.3, 0.4) is 0 Å². The lowest BCUT2D eigenvalue weighted by Crippen LogP contribution is -2.31. The van der Waals surface area contributed by atoms with Crippen molar-refractivity contribution in [3.8, 4) is 5.75 Å². The third-order valence-electron chi connectivity index (χ3n) is 3.27. The van der Waals surface area contributed by atoms with Crippen molar-refractivity contribution in [1.82, 2.24) is 10.2 Å². The van der Waals surface area contributed by atoms with E-state index in [0.717, 1.165) is 25.4 Å². The van der Waals surface area contributed by atoms with E-state index in [1.807, 2.05) is 12.1 Å². The van der Waals surface area contributed by atoms with Gasteiger partial charge in [0.25, 0.3) is 0 Å². The minimum Gasteiger partial charge on any atom is -0.497 e. The molecule has 0 bridgehead atoms. The van der Waals surface area contributed by atoms with Crippen LogP contribution in [-0.4, -0.2) is 38.2 Å². The standard InChI is InChI=1S/C16H28N2O/c1-5-10-17-14(2)9-11-18(3)13-15-7-6-8-16(12-15)19-4/h6-8,12,14,17H,5,9-11,13H2,1-4H3. The quantitative estimate of drug-likeness (QED) is 0.742. The lowest BCUT2D eigenvalue weighted by Gasteiger charge is -2.20. The Labute approximate surface area is 118 Å². The van der Waals surface area contributed by atoms with Crippen LogP contribution in [0.4, 0.5) is 0 Å². The Morgan fingerprint density at radius 1 is 1.37 bits per heavy atom. The summed E-state index contributed by atoms with van der Waals surface area (Å²) in [5, 5.41) is 3.52. The van der Waals surface area contributed by atoms with E-state index in [1.54, 1.807) is 7.11 Å². The van der Waals surface area contributed by atoms with Crippen molar-refractivity contribution in [3.63, 3.8) is 0 Å². The van der Waals surface area contributed by atoms with Crippen molar-refractivity contribution >= 4 is 0 Å². The van der Waals surface area contributed by atoms with Crippen molar-refractivity contribution in [1.29, 1.82) is 0 Å². The highest BCUT2D eigenvalue weighted by atomic mass is 16.5. The monoisotopic (exact) mass is 264 g/mol. The van der Waals surface area contributed by atoms with Gasteiger partial charge in [-0.05, 0) is 57.6 Å². The number of nitrogens with zero attached hydrogens (tertiary/aromatic N) is 1. The van der Waals surface area contributed by atoms with Gasteiger partial charge in [-0.2, -0.15) is 0 Å². The van der Waals surface area contributed by atoms with Gasteiger partial charge in [-0.1, -0.05) is 19.1 Å². The van der Waals surface area contributed by atoms with Crippen LogP contribution in [0.15, 0.2) is 24.3 Å². The molecule has 0 aliphatic rings. The average molecular weight is 264 g/mol. The van der Waals surface area contributed by atoms with Crippen LogP contribution in [0.1, 0.15) is 32.3 Å². The molecule has 1 atom stereocenters. The van der Waals surface area contributed by atoms with Crippen molar-refractivity contribution < 1.29 is 4.74 Å². The molecule has 0 fully saturated rings. The lowest BCUT2D eigenvalue weighted by molar-refractivity contribution is 0.303. The Balaban J connectivity index is 2.31. The second-order valence-electron chi connectivity index (χ2n) is 5.23. The summed E-state index contributed by atoms with van der Waals surface area (Å²) >= 11 is 0. The average Bonchev–Trinajstić information content (AvgIpc) is 2.43. The van der Waals surface area contributed by atoms with Crippen LogP contribution in [0, 0.1) is 0 Å². The van der Waals surface area contributed by atoms with E-state index in [0.29, 0.717) is 6.04 Å². The summed E-state index contributed by atoms with van der Waals surface area (Å²) in [6, 6.07) is 8.88. The van der Waals surface area contributed by atoms with Gasteiger partial charge in [0.15, 0.2) is 0 Å². The molecule has 0 heterocycles. The van der Waals surface area contributed by atoms with Crippen LogP contribution < -0.4 is 10.1 Å². The predicted octanol–water partition coefficient (Wildman–Crippen LogP) is 2.91. The van der Waals surface area contributed by atoms with E-state index in [2.05, 4.69) is 43.2 Å². The molecular weight excluding hydrogens is 236 g/mol. The van der Waals surface area contributed by atoms with Gasteiger partial charge in [0.2, 0.25) is 0 Å². The molecule has 1 aromatic rings. The van der Waals surface area contributed by atoms with Gasteiger partial charge in [0.05, 0.1) is 7.11 Å². The SMILES string of the molecule is CCCNC(C)CCN(C)Cc1cccc(OC)c1. The largest absolute Gasteiger partial charge is 0.497 e. The summed E-state index contributed by atoms with van der Waals surface area (Å²) in [4.78, 5) is 2.36. The molecular formula is C16H28N2O. The molecule has 0 aromatic heterocycles. The van der Waals surface area contributed by atoms with Crippen LogP contribution in [0.2, 0.25) is 0 Å². The Morgan fingerprint density at radius 2 is 2.16 bits per heavy atom. The molecule has 1 N–H and O–H groups in total. The van der Waals surface area contributed by atoms with Crippen LogP contribution in [0.25, 0.3) is 0 Å². The zero-order valence-corrected chi connectivity index (χ0v) is 12.8. The van der Waals surface area contributed by atoms with Crippen molar-refractivity contribution in [2.75, 3.05) is 27.2 Å². The van der Waals surface area contributed by atoms with Gasteiger partial charge in [-0.15, -0.1) is 0 Å². The van der Waals surface area contributed by atoms with E-state index in [4.69, 9.17) is 4.74 Å². The highest BCUT2D eigenvalue weighted by molar-refractivity contribution is 5.28. The fourth-order valence-electron chi connectivity index (χ4n) is 2.07. The van der Waals surface area contributed by atoms with Crippen LogP contribution in [0.5, 0.6) is 5.75 Å². The zero-order valence-electron chi connectivity index (χ0n) is 12.8. The van der Waals surface area contributed by atoms with E-state index in [-0.39, 0.29) is 0 Å². The molecule has 108 valence electrons. The molecule has 19 heavy (non-hydrogen) atoms. The molecule has 1 aromatic carbocycles. The van der Waals surface area contributed by atoms with Gasteiger partial charge in [0.1, 0.15) is 5.75 Å². The number of hydrogen-bond donors (Lipinski definition) is 1. The van der Waals surface area contributed by atoms with Crippen molar-refractivity contribution in [3.05, 3.63) is 29.8 Å². The molecule has 3 nitrogen and oxygen atoms in total. The highest BCUT2D eigenvalue weighted by Gasteiger charge is 2.05. The summed E-state index contributed by atoms with van der Waals surface area (Å²) in [7, 11) is 3.88. The first-order valence-corrected chi connectivity index (χ1v) is 7.20. The van der Waals surface area contributed by atoms with Crippen molar-refractivity contribution in [2.45, 2.75) is 39.3 Å².